The van der Waals surface area contributed by atoms with Gasteiger partial charge in [0.05, 0.1) is 12.7 Å². The molecule has 2 aliphatic rings. The van der Waals surface area contributed by atoms with Gasteiger partial charge in [-0.15, -0.1) is 0 Å². The number of thiol groups is 1. The molecule has 0 aliphatic carbocycles. The predicted octanol–water partition coefficient (Wildman–Crippen LogP) is -3.86. The summed E-state index contributed by atoms with van der Waals surface area (Å²) in [4.78, 5) is 44.6. The number of aromatic amines is 1. The fourth-order valence-electron chi connectivity index (χ4n) is 3.35. The van der Waals surface area contributed by atoms with E-state index in [1.807, 2.05) is 4.98 Å². The Bertz CT molecular complexity index is 1130. The van der Waals surface area contributed by atoms with Crippen LogP contribution in [0.2, 0.25) is 0 Å². The monoisotopic (exact) mass is 582 g/mol. The van der Waals surface area contributed by atoms with Crippen molar-refractivity contribution in [2.24, 2.45) is 0 Å². The minimum atomic E-state index is -5.54. The molecule has 11 atom stereocenters. The number of aliphatic hydroxyl groups is 5. The molecule has 1 aromatic rings. The van der Waals surface area contributed by atoms with E-state index in [0.717, 1.165) is 16.8 Å². The van der Waals surface area contributed by atoms with Gasteiger partial charge in [-0.3, -0.25) is 23.4 Å². The average molecular weight is 582 g/mol. The van der Waals surface area contributed by atoms with Gasteiger partial charge in [-0.1, -0.05) is 0 Å². The van der Waals surface area contributed by atoms with Crippen LogP contribution < -0.4 is 11.2 Å². The van der Waals surface area contributed by atoms with Crippen LogP contribution in [0.3, 0.4) is 0 Å². The highest BCUT2D eigenvalue weighted by molar-refractivity contribution is 7.80. The second-order valence-electron chi connectivity index (χ2n) is 7.68. The zero-order valence-electron chi connectivity index (χ0n) is 17.9. The van der Waals surface area contributed by atoms with E-state index in [0.29, 0.717) is 0 Å². The summed E-state index contributed by atoms with van der Waals surface area (Å²) in [7, 11) is -11.0. The lowest BCUT2D eigenvalue weighted by Crippen LogP contribution is -2.58. The molecular formula is C15H24N2O16P2S. The first-order valence-electron chi connectivity index (χ1n) is 9.99. The second-order valence-corrected chi connectivity index (χ2v) is 11.0. The van der Waals surface area contributed by atoms with Gasteiger partial charge in [0, 0.05) is 18.0 Å². The van der Waals surface area contributed by atoms with Gasteiger partial charge >= 0.3 is 21.3 Å². The van der Waals surface area contributed by atoms with E-state index in [1.54, 1.807) is 0 Å². The molecular weight excluding hydrogens is 558 g/mol. The van der Waals surface area contributed by atoms with E-state index in [2.05, 4.69) is 26.0 Å². The third-order valence-corrected chi connectivity index (χ3v) is 8.12. The first-order chi connectivity index (χ1) is 16.7. The van der Waals surface area contributed by atoms with Crippen molar-refractivity contribution >= 4 is 28.3 Å². The molecule has 2 saturated heterocycles. The van der Waals surface area contributed by atoms with Crippen LogP contribution in [0.15, 0.2) is 21.9 Å². The molecule has 21 heteroatoms. The Morgan fingerprint density at radius 2 is 1.58 bits per heavy atom. The number of nitrogens with zero attached hydrogens (tertiary/aromatic N) is 1. The molecule has 1 aromatic heterocycles. The van der Waals surface area contributed by atoms with Gasteiger partial charge in [0.2, 0.25) is 0 Å². The van der Waals surface area contributed by atoms with Gasteiger partial charge in [0.25, 0.3) is 5.56 Å². The third-order valence-electron chi connectivity index (χ3n) is 5.16. The SMILES string of the molecule is O=c1ccn([C@@H]2O[C@H](COP(=O)(O)OP(=O)(O)O[C@H]3O[C@H](CS)[C@@H](O)[C@H](O)[C@H]3O)[C@@H](O)[C@H]2O)c(=O)[nH]1. The molecule has 36 heavy (non-hydrogen) atoms. The Morgan fingerprint density at radius 3 is 2.19 bits per heavy atom. The first-order valence-corrected chi connectivity index (χ1v) is 13.6. The largest absolute Gasteiger partial charge is 0.483 e. The number of aliphatic hydroxyl groups excluding tert-OH is 5. The van der Waals surface area contributed by atoms with Crippen molar-refractivity contribution in [3.8, 4) is 0 Å². The molecule has 18 nitrogen and oxygen atoms in total. The zero-order valence-corrected chi connectivity index (χ0v) is 20.5. The minimum absolute atomic E-state index is 0.204. The average Bonchev–Trinajstić information content (AvgIpc) is 3.06. The fourth-order valence-corrected chi connectivity index (χ4v) is 5.81. The number of nitrogens with one attached hydrogen (secondary N) is 1. The van der Waals surface area contributed by atoms with Crippen molar-refractivity contribution in [3.63, 3.8) is 0 Å². The summed E-state index contributed by atoms with van der Waals surface area (Å²) in [5, 5.41) is 49.7. The molecule has 0 amide bonds. The third kappa shape index (κ3) is 6.71. The number of phosphoric ester groups is 2. The molecule has 2 unspecified atom stereocenters. The molecule has 3 rings (SSSR count). The van der Waals surface area contributed by atoms with E-state index in [9.17, 15) is 54.0 Å². The number of rotatable bonds is 9. The molecule has 0 spiro atoms. The number of ether oxygens (including phenoxy) is 2. The van der Waals surface area contributed by atoms with Gasteiger partial charge in [-0.05, 0) is 0 Å². The molecule has 0 saturated carbocycles. The van der Waals surface area contributed by atoms with Crippen molar-refractivity contribution in [1.82, 2.24) is 9.55 Å². The highest BCUT2D eigenvalue weighted by atomic mass is 32.1. The molecule has 3 heterocycles. The van der Waals surface area contributed by atoms with Crippen LogP contribution >= 0.6 is 28.3 Å². The first kappa shape index (κ1) is 29.6. The summed E-state index contributed by atoms with van der Waals surface area (Å²) in [5.74, 6) is -0.204. The zero-order chi connectivity index (χ0) is 27.0. The van der Waals surface area contributed by atoms with Crippen LogP contribution in [0.1, 0.15) is 6.23 Å². The van der Waals surface area contributed by atoms with Crippen LogP contribution in [0.4, 0.5) is 0 Å². The summed E-state index contributed by atoms with van der Waals surface area (Å²) in [6.45, 7) is -1.00. The maximum atomic E-state index is 12.2. The van der Waals surface area contributed by atoms with Crippen molar-refractivity contribution in [3.05, 3.63) is 33.1 Å². The number of aromatic nitrogens is 2. The van der Waals surface area contributed by atoms with Gasteiger partial charge < -0.3 is 44.8 Å². The van der Waals surface area contributed by atoms with Crippen molar-refractivity contribution < 1.29 is 67.3 Å². The lowest BCUT2D eigenvalue weighted by Gasteiger charge is -2.39. The summed E-state index contributed by atoms with van der Waals surface area (Å²) >= 11 is 3.85. The second kappa shape index (κ2) is 11.4. The highest BCUT2D eigenvalue weighted by Gasteiger charge is 2.49. The summed E-state index contributed by atoms with van der Waals surface area (Å²) in [6, 6.07) is 0.938. The maximum absolute atomic E-state index is 12.2. The van der Waals surface area contributed by atoms with Crippen LogP contribution in [0, 0.1) is 0 Å². The van der Waals surface area contributed by atoms with Gasteiger partial charge in [-0.2, -0.15) is 16.9 Å². The highest BCUT2D eigenvalue weighted by Crippen LogP contribution is 2.61. The standard InChI is InChI=1S/C15H24N2O16P2S/c18-7-1-2-17(15(24)16-7)13-11(22)8(19)5(30-13)3-29-34(25,26)33-35(27,28)32-14-12(23)10(21)9(20)6(4-36)31-14/h1-2,5-6,8-14,19-23,36H,3-4H2,(H,25,26)(H,27,28)(H,16,18,24)/t5-,6-,8-,9-,10+,11-,12-,13-,14-/m1/s1. The molecule has 2 fully saturated rings. The van der Waals surface area contributed by atoms with Crippen molar-refractivity contribution in [1.29, 1.82) is 0 Å². The van der Waals surface area contributed by atoms with Crippen LogP contribution in [0.25, 0.3) is 0 Å². The number of phosphoric acid groups is 2. The normalized spacial score (nSPS) is 38.4. The lowest BCUT2D eigenvalue weighted by atomic mass is 10.0. The summed E-state index contributed by atoms with van der Waals surface area (Å²) in [6.07, 6.45) is -14.5. The molecule has 206 valence electrons. The number of hydrogen-bond acceptors (Lipinski definition) is 15. The lowest BCUT2D eigenvalue weighted by molar-refractivity contribution is -0.270. The van der Waals surface area contributed by atoms with E-state index in [4.69, 9.17) is 9.47 Å². The van der Waals surface area contributed by atoms with Crippen LogP contribution in [-0.4, -0.2) is 106 Å². The van der Waals surface area contributed by atoms with E-state index in [1.165, 1.54) is 0 Å². The van der Waals surface area contributed by atoms with E-state index >= 15 is 0 Å². The van der Waals surface area contributed by atoms with Crippen LogP contribution in [-0.2, 0) is 32.0 Å². The molecule has 8 N–H and O–H groups in total. The minimum Gasteiger partial charge on any atom is -0.388 e. The summed E-state index contributed by atoms with van der Waals surface area (Å²) < 4.78 is 48.5. The topological polar surface area (TPSA) is 277 Å². The Labute approximate surface area is 206 Å². The van der Waals surface area contributed by atoms with E-state index < -0.39 is 88.7 Å². The Kier molecular flexibility index (Phi) is 9.36. The van der Waals surface area contributed by atoms with Crippen molar-refractivity contribution in [2.75, 3.05) is 12.4 Å². The quantitative estimate of drug-likeness (QED) is 0.0995. The Balaban J connectivity index is 1.61. The van der Waals surface area contributed by atoms with E-state index in [-0.39, 0.29) is 5.75 Å². The Morgan fingerprint density at radius 1 is 0.944 bits per heavy atom. The summed E-state index contributed by atoms with van der Waals surface area (Å²) in [5.41, 5.74) is -1.73. The molecule has 2 aliphatic heterocycles. The number of hydrogen-bond donors (Lipinski definition) is 9. The van der Waals surface area contributed by atoms with Gasteiger partial charge in [0.15, 0.2) is 12.5 Å². The van der Waals surface area contributed by atoms with Gasteiger partial charge in [0.1, 0.15) is 36.6 Å². The number of H-pyrrole nitrogens is 1. The van der Waals surface area contributed by atoms with Crippen LogP contribution in [0.5, 0.6) is 0 Å². The Hall–Kier alpha value is -0.990. The fraction of sp³-hybridized carbons (Fsp3) is 0.733. The maximum Gasteiger partial charge on any atom is 0.483 e. The van der Waals surface area contributed by atoms with Gasteiger partial charge in [-0.25, -0.2) is 13.9 Å². The van der Waals surface area contributed by atoms with Crippen molar-refractivity contribution in [2.45, 2.75) is 55.2 Å². The molecule has 0 aromatic carbocycles. The molecule has 0 bridgehead atoms. The predicted molar refractivity (Wildman–Crippen MR) is 116 cm³/mol. The smallest absolute Gasteiger partial charge is 0.388 e. The molecule has 0 radical (unpaired) electrons.